The molecule has 1 spiro atoms. The molecule has 8 rings (SSSR count). The number of nitrogens with one attached hydrogen (secondary N) is 1. The number of fused-ring (bicyclic) bond motifs is 11. The predicted molar refractivity (Wildman–Crippen MR) is 185 cm³/mol. The third kappa shape index (κ3) is 4.99. The monoisotopic (exact) mass is 639 g/mol. The predicted octanol–water partition coefficient (Wildman–Crippen LogP) is 9.35. The first kappa shape index (κ1) is 33.0. The van der Waals surface area contributed by atoms with Crippen molar-refractivity contribution >= 4 is 0 Å². The highest BCUT2D eigenvalue weighted by Gasteiger charge is 2.72. The molecule has 4 saturated heterocycles. The van der Waals surface area contributed by atoms with Gasteiger partial charge in [-0.2, -0.15) is 0 Å². The van der Waals surface area contributed by atoms with E-state index in [0.717, 1.165) is 68.4 Å². The van der Waals surface area contributed by atoms with Crippen LogP contribution in [0.25, 0.3) is 0 Å². The lowest BCUT2D eigenvalue weighted by atomic mass is 9.58. The molecule has 0 aromatic rings. The van der Waals surface area contributed by atoms with Gasteiger partial charge in [0.1, 0.15) is 6.23 Å². The highest BCUT2D eigenvalue weighted by Crippen LogP contribution is 2.65. The molecule has 0 radical (unpaired) electrons. The van der Waals surface area contributed by atoms with Crippen molar-refractivity contribution in [2.75, 3.05) is 6.67 Å². The molecule has 8 aliphatic rings. The number of hydrogen-bond donors (Lipinski definition) is 1. The fourth-order valence-electron chi connectivity index (χ4n) is 13.4. The van der Waals surface area contributed by atoms with E-state index in [2.05, 4.69) is 58.7 Å². The van der Waals surface area contributed by atoms with Gasteiger partial charge in [0.15, 0.2) is 0 Å². The molecular weight excluding hydrogens is 568 g/mol. The average molecular weight is 639 g/mol. The van der Waals surface area contributed by atoms with Gasteiger partial charge in [-0.3, -0.25) is 5.32 Å². The Labute approximate surface area is 282 Å². The standard InChI is InChI=1S/C41H70N2O3/c1-8-39(6,9-2)34-23-35(40(7,10-3)11-4)46-41(45-34)32-21-27-15-13-12-14-26(27)19-30(32)37-36-31-20-28-17-16-25(5)18-29(28)22-33(31)44-38(36)42-24-43(37)41/h25-38,42H,8-24H2,1-7H3. The van der Waals surface area contributed by atoms with Gasteiger partial charge in [0, 0.05) is 24.3 Å². The maximum absolute atomic E-state index is 7.82. The summed E-state index contributed by atoms with van der Waals surface area (Å²) in [4.78, 5) is 2.85. The van der Waals surface area contributed by atoms with Crippen molar-refractivity contribution in [1.82, 2.24) is 10.2 Å². The van der Waals surface area contributed by atoms with Crippen LogP contribution in [-0.2, 0) is 14.2 Å². The number of ether oxygens (including phenoxy) is 3. The second kappa shape index (κ2) is 12.2. The van der Waals surface area contributed by atoms with Gasteiger partial charge in [-0.1, -0.05) is 80.6 Å². The first-order valence-electron chi connectivity index (χ1n) is 20.7. The normalized spacial score (nSPS) is 50.7. The van der Waals surface area contributed by atoms with Crippen LogP contribution in [0.4, 0.5) is 0 Å². The van der Waals surface area contributed by atoms with Crippen LogP contribution in [0.5, 0.6) is 0 Å². The minimum absolute atomic E-state index is 0.164. The van der Waals surface area contributed by atoms with Crippen molar-refractivity contribution < 1.29 is 14.2 Å². The summed E-state index contributed by atoms with van der Waals surface area (Å²) in [5, 5.41) is 4.05. The van der Waals surface area contributed by atoms with Crippen molar-refractivity contribution in [3.8, 4) is 0 Å². The molecule has 1 N–H and O–H groups in total. The Kier molecular flexibility index (Phi) is 8.77. The Morgan fingerprint density at radius 2 is 1.30 bits per heavy atom. The van der Waals surface area contributed by atoms with Gasteiger partial charge in [-0.05, 0) is 116 Å². The summed E-state index contributed by atoms with van der Waals surface area (Å²) in [6.07, 6.45) is 22.2. The van der Waals surface area contributed by atoms with Crippen LogP contribution < -0.4 is 5.32 Å². The Morgan fingerprint density at radius 1 is 0.696 bits per heavy atom. The summed E-state index contributed by atoms with van der Waals surface area (Å²) in [6.45, 7) is 18.0. The summed E-state index contributed by atoms with van der Waals surface area (Å²) in [6, 6.07) is 0.511. The second-order valence-corrected chi connectivity index (χ2v) is 18.9. The van der Waals surface area contributed by atoms with Gasteiger partial charge in [0.2, 0.25) is 5.91 Å². The van der Waals surface area contributed by atoms with Gasteiger partial charge >= 0.3 is 0 Å². The van der Waals surface area contributed by atoms with E-state index in [1.807, 2.05) is 0 Å². The maximum atomic E-state index is 7.82. The van der Waals surface area contributed by atoms with Crippen LogP contribution in [0.15, 0.2) is 0 Å². The van der Waals surface area contributed by atoms with Gasteiger partial charge in [-0.15, -0.1) is 0 Å². The fourth-order valence-corrected chi connectivity index (χ4v) is 13.4. The van der Waals surface area contributed by atoms with Crippen molar-refractivity contribution in [2.45, 2.75) is 188 Å². The van der Waals surface area contributed by atoms with Crippen LogP contribution in [-0.4, -0.2) is 48.1 Å². The Balaban J connectivity index is 1.20. The van der Waals surface area contributed by atoms with E-state index in [4.69, 9.17) is 14.2 Å². The lowest BCUT2D eigenvalue weighted by Crippen LogP contribution is -2.69. The van der Waals surface area contributed by atoms with E-state index in [1.54, 1.807) is 0 Å². The van der Waals surface area contributed by atoms with E-state index in [9.17, 15) is 0 Å². The first-order chi connectivity index (χ1) is 22.2. The lowest BCUT2D eigenvalue weighted by molar-refractivity contribution is -0.418. The maximum Gasteiger partial charge on any atom is 0.235 e. The summed E-state index contributed by atoms with van der Waals surface area (Å²) in [5.74, 6) is 6.19. The largest absolute Gasteiger partial charge is 0.359 e. The highest BCUT2D eigenvalue weighted by molar-refractivity contribution is 5.15. The van der Waals surface area contributed by atoms with Crippen molar-refractivity contribution in [3.05, 3.63) is 0 Å². The van der Waals surface area contributed by atoms with E-state index in [1.165, 1.54) is 70.6 Å². The molecule has 4 aliphatic carbocycles. The molecule has 46 heavy (non-hydrogen) atoms. The topological polar surface area (TPSA) is 43.0 Å². The zero-order valence-electron chi connectivity index (χ0n) is 30.8. The third-order valence-electron chi connectivity index (χ3n) is 17.2. The van der Waals surface area contributed by atoms with Gasteiger partial charge < -0.3 is 14.2 Å². The molecule has 5 nitrogen and oxygen atoms in total. The van der Waals surface area contributed by atoms with E-state index in [-0.39, 0.29) is 29.3 Å². The van der Waals surface area contributed by atoms with Crippen molar-refractivity contribution in [2.24, 2.45) is 64.1 Å². The summed E-state index contributed by atoms with van der Waals surface area (Å²) < 4.78 is 22.8. The fraction of sp³-hybridized carbons (Fsp3) is 1.00. The van der Waals surface area contributed by atoms with E-state index in [0.29, 0.717) is 35.8 Å². The molecule has 4 heterocycles. The summed E-state index contributed by atoms with van der Waals surface area (Å²) in [7, 11) is 0. The van der Waals surface area contributed by atoms with Crippen molar-refractivity contribution in [3.63, 3.8) is 0 Å². The number of nitrogens with zero attached hydrogens (tertiary/aromatic N) is 1. The van der Waals surface area contributed by atoms with Gasteiger partial charge in [-0.25, -0.2) is 4.90 Å². The Morgan fingerprint density at radius 3 is 1.96 bits per heavy atom. The molecule has 4 aliphatic heterocycles. The SMILES string of the molecule is CCC(C)(CC)C1CC(C(C)(CC)CC)OC2(O1)C1CC3CCCCC3CC1C1C3C(NCN12)OC1CC2CC(C)CCC2CC13. The first-order valence-corrected chi connectivity index (χ1v) is 20.7. The molecule has 8 fully saturated rings. The highest BCUT2D eigenvalue weighted by atomic mass is 16.7. The van der Waals surface area contributed by atoms with Crippen LogP contribution in [0.2, 0.25) is 0 Å². The molecule has 0 aromatic carbocycles. The minimum atomic E-state index is -0.615. The summed E-state index contributed by atoms with van der Waals surface area (Å²) >= 11 is 0. The van der Waals surface area contributed by atoms with E-state index >= 15 is 0 Å². The van der Waals surface area contributed by atoms with Gasteiger partial charge in [0.25, 0.3) is 0 Å². The van der Waals surface area contributed by atoms with Crippen LogP contribution in [0, 0.1) is 64.1 Å². The van der Waals surface area contributed by atoms with E-state index < -0.39 is 5.91 Å². The Bertz CT molecular complexity index is 1060. The molecule has 0 aromatic heterocycles. The zero-order chi connectivity index (χ0) is 32.0. The zero-order valence-corrected chi connectivity index (χ0v) is 30.8. The molecule has 0 bridgehead atoms. The molecular formula is C41H70N2O3. The Hall–Kier alpha value is -0.200. The quantitative estimate of drug-likeness (QED) is 0.314. The summed E-state index contributed by atoms with van der Waals surface area (Å²) in [5.41, 5.74) is 0.327. The van der Waals surface area contributed by atoms with Crippen LogP contribution >= 0.6 is 0 Å². The van der Waals surface area contributed by atoms with Gasteiger partial charge in [0.05, 0.1) is 25.0 Å². The second-order valence-electron chi connectivity index (χ2n) is 18.9. The molecule has 5 heteroatoms. The van der Waals surface area contributed by atoms with Crippen LogP contribution in [0.3, 0.4) is 0 Å². The molecule has 14 atom stereocenters. The van der Waals surface area contributed by atoms with Crippen molar-refractivity contribution in [1.29, 1.82) is 0 Å². The molecule has 0 amide bonds. The number of hydrogen-bond acceptors (Lipinski definition) is 5. The molecule has 4 saturated carbocycles. The molecule has 14 unspecified atom stereocenters. The molecule has 262 valence electrons. The average Bonchev–Trinajstić information content (AvgIpc) is 3.57. The lowest BCUT2D eigenvalue weighted by Gasteiger charge is -2.58. The smallest absolute Gasteiger partial charge is 0.235 e. The third-order valence-corrected chi connectivity index (χ3v) is 17.2. The minimum Gasteiger partial charge on any atom is -0.359 e. The van der Waals surface area contributed by atoms with Crippen LogP contribution in [0.1, 0.15) is 151 Å². The number of rotatable bonds is 6.